The number of hydrazine groups is 1. The number of anilines is 1. The summed E-state index contributed by atoms with van der Waals surface area (Å²) >= 11 is 0. The van der Waals surface area contributed by atoms with Crippen LogP contribution in [0.5, 0.6) is 0 Å². The fourth-order valence-electron chi connectivity index (χ4n) is 2.77. The fourth-order valence-corrected chi connectivity index (χ4v) is 2.77. The monoisotopic (exact) mass is 366 g/mol. The number of nitrogens with one attached hydrogen (secondary N) is 2. The highest BCUT2D eigenvalue weighted by atomic mass is 16.2. The van der Waals surface area contributed by atoms with E-state index in [0.717, 1.165) is 16.8 Å². The number of para-hydroxylation sites is 1. The third-order valence-corrected chi connectivity index (χ3v) is 4.16. The Labute approximate surface area is 163 Å². The van der Waals surface area contributed by atoms with Gasteiger partial charge in [-0.25, -0.2) is 9.97 Å². The highest BCUT2D eigenvalue weighted by molar-refractivity contribution is 5.92. The van der Waals surface area contributed by atoms with Gasteiger partial charge in [0.2, 0.25) is 5.82 Å². The van der Waals surface area contributed by atoms with Crippen molar-refractivity contribution in [2.75, 3.05) is 5.43 Å². The average molecular weight is 366 g/mol. The van der Waals surface area contributed by atoms with Crippen LogP contribution < -0.4 is 10.9 Å². The molecule has 4 aromatic rings. The number of carbonyl (C=O) groups is 1. The van der Waals surface area contributed by atoms with Gasteiger partial charge in [0.25, 0.3) is 0 Å². The van der Waals surface area contributed by atoms with E-state index in [9.17, 15) is 4.79 Å². The summed E-state index contributed by atoms with van der Waals surface area (Å²) in [5.41, 5.74) is 9.55. The van der Waals surface area contributed by atoms with Crippen LogP contribution in [-0.4, -0.2) is 15.9 Å². The van der Waals surface area contributed by atoms with Crippen molar-refractivity contribution in [2.24, 2.45) is 0 Å². The van der Waals surface area contributed by atoms with Crippen molar-refractivity contribution in [3.63, 3.8) is 0 Å². The van der Waals surface area contributed by atoms with Crippen LogP contribution in [0.15, 0.2) is 97.1 Å². The number of hydrogen-bond donors (Lipinski definition) is 2. The molecule has 0 aliphatic rings. The van der Waals surface area contributed by atoms with Gasteiger partial charge in [-0.05, 0) is 18.2 Å². The molecule has 3 aromatic carbocycles. The molecule has 2 N–H and O–H groups in total. The Kier molecular flexibility index (Phi) is 5.06. The predicted molar refractivity (Wildman–Crippen MR) is 110 cm³/mol. The van der Waals surface area contributed by atoms with Gasteiger partial charge >= 0.3 is 5.91 Å². The van der Waals surface area contributed by atoms with Gasteiger partial charge in [-0.1, -0.05) is 78.9 Å². The maximum Gasteiger partial charge on any atom is 0.307 e. The van der Waals surface area contributed by atoms with E-state index in [-0.39, 0.29) is 5.82 Å². The van der Waals surface area contributed by atoms with Gasteiger partial charge in [0.15, 0.2) is 0 Å². The van der Waals surface area contributed by atoms with Gasteiger partial charge in [0, 0.05) is 11.1 Å². The van der Waals surface area contributed by atoms with E-state index < -0.39 is 5.91 Å². The first-order valence-electron chi connectivity index (χ1n) is 8.91. The molecular formula is C23H18N4O. The molecule has 0 saturated heterocycles. The number of hydrogen-bond acceptors (Lipinski definition) is 4. The molecule has 0 spiro atoms. The Morgan fingerprint density at radius 1 is 0.643 bits per heavy atom. The molecular weight excluding hydrogens is 348 g/mol. The summed E-state index contributed by atoms with van der Waals surface area (Å²) in [6.07, 6.45) is 0. The smallest absolute Gasteiger partial charge is 0.298 e. The fraction of sp³-hybridized carbons (Fsp3) is 0. The summed E-state index contributed by atoms with van der Waals surface area (Å²) in [6.45, 7) is 0. The molecule has 1 heterocycles. The Hall–Kier alpha value is -3.99. The van der Waals surface area contributed by atoms with Crippen LogP contribution in [0.4, 0.5) is 5.69 Å². The van der Waals surface area contributed by atoms with E-state index in [4.69, 9.17) is 0 Å². The van der Waals surface area contributed by atoms with Crippen molar-refractivity contribution in [2.45, 2.75) is 0 Å². The lowest BCUT2D eigenvalue weighted by atomic mass is 10.1. The molecule has 0 unspecified atom stereocenters. The molecule has 0 atom stereocenters. The minimum atomic E-state index is -0.404. The van der Waals surface area contributed by atoms with Gasteiger partial charge in [-0.2, -0.15) is 0 Å². The molecule has 0 fully saturated rings. The molecule has 0 aliphatic heterocycles. The molecule has 0 aliphatic carbocycles. The minimum absolute atomic E-state index is 0.101. The normalized spacial score (nSPS) is 10.3. The third-order valence-electron chi connectivity index (χ3n) is 4.16. The number of carbonyl (C=O) groups excluding carboxylic acids is 1. The number of nitrogens with zero attached hydrogens (tertiary/aromatic N) is 2. The van der Waals surface area contributed by atoms with Gasteiger partial charge in [-0.15, -0.1) is 0 Å². The lowest BCUT2D eigenvalue weighted by molar-refractivity contribution is 0.0952. The van der Waals surface area contributed by atoms with Crippen molar-refractivity contribution >= 4 is 11.6 Å². The van der Waals surface area contributed by atoms with E-state index in [2.05, 4.69) is 20.8 Å². The van der Waals surface area contributed by atoms with Gasteiger partial charge in [-0.3, -0.25) is 15.6 Å². The number of amides is 1. The first-order valence-corrected chi connectivity index (χ1v) is 8.91. The molecule has 5 nitrogen and oxygen atoms in total. The Bertz CT molecular complexity index is 1010. The Morgan fingerprint density at radius 3 is 1.61 bits per heavy atom. The zero-order valence-corrected chi connectivity index (χ0v) is 15.0. The van der Waals surface area contributed by atoms with E-state index in [1.807, 2.05) is 97.1 Å². The van der Waals surface area contributed by atoms with Crippen molar-refractivity contribution in [3.05, 3.63) is 103 Å². The second-order valence-corrected chi connectivity index (χ2v) is 6.14. The minimum Gasteiger partial charge on any atom is -0.298 e. The number of rotatable bonds is 5. The summed E-state index contributed by atoms with van der Waals surface area (Å²) in [7, 11) is 0. The van der Waals surface area contributed by atoms with Crippen LogP contribution in [0.2, 0.25) is 0 Å². The number of aromatic nitrogens is 2. The number of benzene rings is 3. The largest absolute Gasteiger partial charge is 0.307 e. The maximum absolute atomic E-state index is 12.7. The Balaban J connectivity index is 1.68. The van der Waals surface area contributed by atoms with Crippen LogP contribution in [0.1, 0.15) is 10.6 Å². The molecule has 5 heteroatoms. The van der Waals surface area contributed by atoms with Crippen molar-refractivity contribution in [1.82, 2.24) is 15.4 Å². The third kappa shape index (κ3) is 4.04. The molecule has 136 valence electrons. The van der Waals surface area contributed by atoms with Gasteiger partial charge < -0.3 is 0 Å². The zero-order chi connectivity index (χ0) is 19.2. The quantitative estimate of drug-likeness (QED) is 0.508. The van der Waals surface area contributed by atoms with Crippen molar-refractivity contribution < 1.29 is 4.79 Å². The van der Waals surface area contributed by atoms with E-state index in [0.29, 0.717) is 11.4 Å². The lowest BCUT2D eigenvalue weighted by Gasteiger charge is -2.10. The highest BCUT2D eigenvalue weighted by Crippen LogP contribution is 2.23. The van der Waals surface area contributed by atoms with E-state index in [1.54, 1.807) is 0 Å². The topological polar surface area (TPSA) is 66.9 Å². The van der Waals surface area contributed by atoms with Crippen molar-refractivity contribution in [1.29, 1.82) is 0 Å². The van der Waals surface area contributed by atoms with Crippen LogP contribution in [0.25, 0.3) is 22.5 Å². The summed E-state index contributed by atoms with van der Waals surface area (Å²) in [6, 6.07) is 30.8. The summed E-state index contributed by atoms with van der Waals surface area (Å²) in [4.78, 5) is 21.6. The zero-order valence-electron chi connectivity index (χ0n) is 15.0. The van der Waals surface area contributed by atoms with Crippen LogP contribution in [0.3, 0.4) is 0 Å². The molecule has 28 heavy (non-hydrogen) atoms. The molecule has 1 aromatic heterocycles. The summed E-state index contributed by atoms with van der Waals surface area (Å²) in [5, 5.41) is 0. The first-order chi connectivity index (χ1) is 13.8. The summed E-state index contributed by atoms with van der Waals surface area (Å²) < 4.78 is 0. The predicted octanol–water partition coefficient (Wildman–Crippen LogP) is 4.57. The standard InChI is InChI=1S/C23H18N4O/c28-23(27-26-19-14-8-3-9-15-19)22-24-20(17-10-4-1-5-11-17)16-21(25-22)18-12-6-2-7-13-18/h1-16,26H,(H,27,28). The molecule has 0 saturated carbocycles. The van der Waals surface area contributed by atoms with Crippen LogP contribution in [-0.2, 0) is 0 Å². The molecule has 0 radical (unpaired) electrons. The lowest BCUT2D eigenvalue weighted by Crippen LogP contribution is -2.31. The Morgan fingerprint density at radius 2 is 1.11 bits per heavy atom. The molecule has 1 amide bonds. The highest BCUT2D eigenvalue weighted by Gasteiger charge is 2.14. The second kappa shape index (κ2) is 8.14. The molecule has 0 bridgehead atoms. The van der Waals surface area contributed by atoms with Crippen LogP contribution in [0, 0.1) is 0 Å². The van der Waals surface area contributed by atoms with E-state index in [1.165, 1.54) is 0 Å². The SMILES string of the molecule is O=C(NNc1ccccc1)c1nc(-c2ccccc2)cc(-c2ccccc2)n1. The molecule has 4 rings (SSSR count). The second-order valence-electron chi connectivity index (χ2n) is 6.14. The van der Waals surface area contributed by atoms with E-state index >= 15 is 0 Å². The van der Waals surface area contributed by atoms with Crippen LogP contribution >= 0.6 is 0 Å². The van der Waals surface area contributed by atoms with Gasteiger partial charge in [0.1, 0.15) is 0 Å². The van der Waals surface area contributed by atoms with Gasteiger partial charge in [0.05, 0.1) is 17.1 Å². The van der Waals surface area contributed by atoms with Crippen molar-refractivity contribution in [3.8, 4) is 22.5 Å². The first kappa shape index (κ1) is 17.4. The maximum atomic E-state index is 12.7. The summed E-state index contributed by atoms with van der Waals surface area (Å²) in [5.74, 6) is -0.303. The average Bonchev–Trinajstić information content (AvgIpc) is 2.79.